The van der Waals surface area contributed by atoms with E-state index in [0.29, 0.717) is 10.6 Å². The van der Waals surface area contributed by atoms with Crippen LogP contribution in [0.3, 0.4) is 0 Å². The first-order valence-electron chi connectivity index (χ1n) is 13.8. The number of hydrogen-bond acceptors (Lipinski definition) is 14. The van der Waals surface area contributed by atoms with Gasteiger partial charge in [0.25, 0.3) is 5.72 Å². The molecule has 16 heteroatoms. The van der Waals surface area contributed by atoms with Crippen LogP contribution in [0.15, 0.2) is 62.5 Å². The zero-order valence-corrected chi connectivity index (χ0v) is 29.3. The molecule has 1 unspecified atom stereocenters. The Morgan fingerprint density at radius 2 is 1.60 bits per heavy atom. The van der Waals surface area contributed by atoms with Crippen molar-refractivity contribution in [3.05, 3.63) is 68.1 Å². The summed E-state index contributed by atoms with van der Waals surface area (Å²) in [6, 6.07) is 6.64. The molecule has 2 aliphatic rings. The van der Waals surface area contributed by atoms with Gasteiger partial charge in [0, 0.05) is 17.6 Å². The fourth-order valence-corrected chi connectivity index (χ4v) is 6.30. The summed E-state index contributed by atoms with van der Waals surface area (Å²) in [5.41, 5.74) is -4.62. The molecule has 3 rings (SSSR count). The Morgan fingerprint density at radius 1 is 0.979 bits per heavy atom. The van der Waals surface area contributed by atoms with E-state index >= 15 is 0 Å². The maximum Gasteiger partial charge on any atom is 0.344 e. The first-order valence-corrected chi connectivity index (χ1v) is 15.4. The molecule has 0 N–H and O–H groups in total. The molecule has 1 spiro atoms. The Labute approximate surface area is 285 Å². The molecule has 47 heavy (non-hydrogen) atoms. The minimum absolute atomic E-state index is 0.0293. The molecule has 1 aromatic rings. The van der Waals surface area contributed by atoms with Gasteiger partial charge in [0.15, 0.2) is 0 Å². The van der Waals surface area contributed by atoms with E-state index < -0.39 is 63.4 Å². The average Bonchev–Trinajstić information content (AvgIpc) is 3.48. The van der Waals surface area contributed by atoms with Gasteiger partial charge in [-0.3, -0.25) is 0 Å². The van der Waals surface area contributed by atoms with E-state index in [1.165, 1.54) is 11.8 Å². The van der Waals surface area contributed by atoms with Crippen LogP contribution in [0.5, 0.6) is 0 Å². The molecular formula is C31H33ClN2O11S2. The predicted octanol–water partition coefficient (Wildman–Crippen LogP) is 3.83. The van der Waals surface area contributed by atoms with Gasteiger partial charge in [-0.15, -0.1) is 0 Å². The van der Waals surface area contributed by atoms with E-state index in [1.807, 2.05) is 0 Å². The summed E-state index contributed by atoms with van der Waals surface area (Å²) in [6.45, 7) is 6.42. The van der Waals surface area contributed by atoms with Gasteiger partial charge in [0.2, 0.25) is 5.90 Å². The lowest BCUT2D eigenvalue weighted by molar-refractivity contribution is -0.142. The Bertz CT molecular complexity index is 1620. The van der Waals surface area contributed by atoms with Crippen LogP contribution < -0.4 is 0 Å². The standard InChI is InChI=1S/C31H33ClN2O11S2/c1-9-44-27(38)20(18(25(36)41-6)14-19(35)40-5)23-31(34(29(46)47-23)15-16-10-12-17(32)13-11-16)22(28(39)43-8)21(26(37)42-7)24(45-31)33-30(2,3)4/h10-14H,9,15H2,1-8H3. The molecule has 0 radical (unpaired) electrons. The van der Waals surface area contributed by atoms with Crippen molar-refractivity contribution in [1.29, 1.82) is 0 Å². The topological polar surface area (TPSA) is 156 Å². The highest BCUT2D eigenvalue weighted by Crippen LogP contribution is 2.56. The molecule has 0 saturated carbocycles. The fraction of sp³-hybridized carbons (Fsp3) is 0.387. The number of rotatable bonds is 9. The Kier molecular flexibility index (Phi) is 12.0. The van der Waals surface area contributed by atoms with E-state index in [9.17, 15) is 24.0 Å². The number of carbonyl (C=O) groups excluding carboxylic acids is 5. The van der Waals surface area contributed by atoms with Crippen molar-refractivity contribution in [2.24, 2.45) is 4.99 Å². The lowest BCUT2D eigenvalue weighted by Crippen LogP contribution is -2.50. The second-order valence-corrected chi connectivity index (χ2v) is 12.7. The molecule has 0 aromatic heterocycles. The lowest BCUT2D eigenvalue weighted by atomic mass is 9.92. The van der Waals surface area contributed by atoms with Gasteiger partial charge in [-0.25, -0.2) is 29.0 Å². The Balaban J connectivity index is 2.67. The van der Waals surface area contributed by atoms with Crippen molar-refractivity contribution in [1.82, 2.24) is 4.90 Å². The Morgan fingerprint density at radius 3 is 2.11 bits per heavy atom. The molecular weight excluding hydrogens is 676 g/mol. The van der Waals surface area contributed by atoms with Gasteiger partial charge in [-0.1, -0.05) is 47.7 Å². The maximum absolute atomic E-state index is 13.9. The van der Waals surface area contributed by atoms with Crippen molar-refractivity contribution in [3.8, 4) is 0 Å². The van der Waals surface area contributed by atoms with Crippen molar-refractivity contribution in [2.45, 2.75) is 45.5 Å². The molecule has 13 nitrogen and oxygen atoms in total. The number of ether oxygens (including phenoxy) is 6. The highest BCUT2D eigenvalue weighted by molar-refractivity contribution is 8.26. The number of thioether (sulfide) groups is 1. The largest absolute Gasteiger partial charge is 0.466 e. The summed E-state index contributed by atoms with van der Waals surface area (Å²) in [4.78, 5) is 72.7. The van der Waals surface area contributed by atoms with Crippen LogP contribution in [0.1, 0.15) is 33.3 Å². The third-order valence-corrected chi connectivity index (χ3v) is 8.26. The van der Waals surface area contributed by atoms with E-state index in [1.54, 1.807) is 45.0 Å². The molecule has 1 atom stereocenters. The summed E-state index contributed by atoms with van der Waals surface area (Å²) in [6.07, 6.45) is 0.728. The van der Waals surface area contributed by atoms with Gasteiger partial charge in [0.1, 0.15) is 15.5 Å². The van der Waals surface area contributed by atoms with Gasteiger partial charge >= 0.3 is 29.8 Å². The number of nitrogens with zero attached hydrogens (tertiary/aromatic N) is 2. The molecule has 1 fully saturated rings. The number of methoxy groups -OCH3 is 4. The SMILES string of the molecule is CCOC(=O)C(C(=CC(=O)OC)C(=O)OC)=C1SC(=S)N(Cc2ccc(Cl)cc2)C12OC(=NC(C)(C)C)C(C(=O)OC)=C2C(=O)OC. The molecule has 1 saturated heterocycles. The summed E-state index contributed by atoms with van der Waals surface area (Å²) >= 11 is 12.7. The van der Waals surface area contributed by atoms with Crippen LogP contribution >= 0.6 is 35.6 Å². The molecule has 252 valence electrons. The van der Waals surface area contributed by atoms with Crippen molar-refractivity contribution >= 4 is 75.6 Å². The molecule has 2 heterocycles. The average molecular weight is 709 g/mol. The molecule has 2 aliphatic heterocycles. The minimum Gasteiger partial charge on any atom is -0.466 e. The normalized spacial score (nSPS) is 19.9. The van der Waals surface area contributed by atoms with Gasteiger partial charge in [0.05, 0.1) is 56.6 Å². The lowest BCUT2D eigenvalue weighted by Gasteiger charge is -2.37. The first kappa shape index (κ1) is 37.2. The highest BCUT2D eigenvalue weighted by Gasteiger charge is 2.65. The maximum atomic E-state index is 13.9. The number of carbonyl (C=O) groups is 5. The molecule has 1 aromatic carbocycles. The van der Waals surface area contributed by atoms with Crippen LogP contribution in [0.2, 0.25) is 5.02 Å². The summed E-state index contributed by atoms with van der Waals surface area (Å²) in [5.74, 6) is -5.70. The third-order valence-electron chi connectivity index (χ3n) is 6.46. The van der Waals surface area contributed by atoms with E-state index in [2.05, 4.69) is 4.99 Å². The van der Waals surface area contributed by atoms with E-state index in [4.69, 9.17) is 52.2 Å². The van der Waals surface area contributed by atoms with Crippen LogP contribution in [-0.4, -0.2) is 91.3 Å². The van der Waals surface area contributed by atoms with E-state index in [0.717, 1.165) is 46.3 Å². The fourth-order valence-electron chi connectivity index (χ4n) is 4.57. The summed E-state index contributed by atoms with van der Waals surface area (Å²) in [5, 5.41) is 0.447. The van der Waals surface area contributed by atoms with E-state index in [-0.39, 0.29) is 28.3 Å². The highest BCUT2D eigenvalue weighted by atomic mass is 35.5. The van der Waals surface area contributed by atoms with Crippen LogP contribution in [0.4, 0.5) is 0 Å². The minimum atomic E-state index is -2.30. The molecule has 0 aliphatic carbocycles. The number of thiocarbonyl (C=S) groups is 1. The smallest absolute Gasteiger partial charge is 0.344 e. The van der Waals surface area contributed by atoms with Gasteiger partial charge in [-0.2, -0.15) is 0 Å². The van der Waals surface area contributed by atoms with Crippen molar-refractivity contribution in [3.63, 3.8) is 0 Å². The molecule has 0 amide bonds. The van der Waals surface area contributed by atoms with Crippen LogP contribution in [-0.2, 0) is 58.9 Å². The zero-order chi connectivity index (χ0) is 35.3. The number of esters is 5. The van der Waals surface area contributed by atoms with Crippen LogP contribution in [0, 0.1) is 0 Å². The van der Waals surface area contributed by atoms with Gasteiger partial charge < -0.3 is 33.3 Å². The zero-order valence-electron chi connectivity index (χ0n) is 26.9. The summed E-state index contributed by atoms with van der Waals surface area (Å²) in [7, 11) is 4.27. The third kappa shape index (κ3) is 7.68. The quantitative estimate of drug-likeness (QED) is 0.158. The summed E-state index contributed by atoms with van der Waals surface area (Å²) < 4.78 is 31.8. The number of aliphatic imine (C=N–C) groups is 1. The number of benzene rings is 1. The number of hydrogen-bond donors (Lipinski definition) is 0. The predicted molar refractivity (Wildman–Crippen MR) is 175 cm³/mol. The monoisotopic (exact) mass is 708 g/mol. The molecule has 0 bridgehead atoms. The van der Waals surface area contributed by atoms with Crippen molar-refractivity contribution < 1.29 is 52.4 Å². The second kappa shape index (κ2) is 15.1. The van der Waals surface area contributed by atoms with Crippen molar-refractivity contribution in [2.75, 3.05) is 35.0 Å². The second-order valence-electron chi connectivity index (χ2n) is 10.6. The van der Waals surface area contributed by atoms with Gasteiger partial charge in [-0.05, 0) is 45.4 Å². The first-order chi connectivity index (χ1) is 22.1. The van der Waals surface area contributed by atoms with Crippen LogP contribution in [0.25, 0.3) is 0 Å². The Hall–Kier alpha value is -4.21. The number of halogens is 1.